The maximum atomic E-state index is 4.56. The van der Waals surface area contributed by atoms with Gasteiger partial charge in [0, 0.05) is 17.5 Å². The molecule has 18 heavy (non-hydrogen) atoms. The largest absolute Gasteiger partial charge is 0.353 e. The van der Waals surface area contributed by atoms with Crippen molar-refractivity contribution in [3.05, 3.63) is 17.3 Å². The summed E-state index contributed by atoms with van der Waals surface area (Å²) in [6, 6.07) is 2.93. The zero-order valence-electron chi connectivity index (χ0n) is 11.2. The van der Waals surface area contributed by atoms with Crippen LogP contribution in [0, 0.1) is 12.8 Å². The highest BCUT2D eigenvalue weighted by atomic mass is 32.1. The first-order chi connectivity index (χ1) is 8.65. The Morgan fingerprint density at radius 1 is 1.39 bits per heavy atom. The van der Waals surface area contributed by atoms with E-state index in [1.54, 1.807) is 17.7 Å². The van der Waals surface area contributed by atoms with Crippen LogP contribution in [0.4, 0.5) is 5.82 Å². The molecule has 0 aromatic carbocycles. The van der Waals surface area contributed by atoms with Crippen LogP contribution >= 0.6 is 11.3 Å². The number of thiophene rings is 1. The van der Waals surface area contributed by atoms with Gasteiger partial charge >= 0.3 is 0 Å². The molecule has 1 saturated carbocycles. The lowest BCUT2D eigenvalue weighted by Crippen LogP contribution is -2.30. The molecule has 0 N–H and O–H groups in total. The molecule has 0 saturated heterocycles. The average Bonchev–Trinajstić information content (AvgIpc) is 3.06. The van der Waals surface area contributed by atoms with Gasteiger partial charge in [-0.15, -0.1) is 11.3 Å². The second-order valence-corrected chi connectivity index (χ2v) is 6.79. The molecule has 2 aromatic heterocycles. The fourth-order valence-electron chi connectivity index (χ4n) is 2.38. The molecular weight excluding hydrogens is 242 g/mol. The third-order valence-electron chi connectivity index (χ3n) is 3.25. The lowest BCUT2D eigenvalue weighted by Gasteiger charge is -2.25. The highest BCUT2D eigenvalue weighted by molar-refractivity contribution is 7.18. The quantitative estimate of drug-likeness (QED) is 0.841. The zero-order chi connectivity index (χ0) is 12.7. The predicted octanol–water partition coefficient (Wildman–Crippen LogP) is 3.62. The molecule has 1 aliphatic rings. The van der Waals surface area contributed by atoms with E-state index in [0.717, 1.165) is 17.2 Å². The molecule has 0 radical (unpaired) electrons. The smallest absolute Gasteiger partial charge is 0.141 e. The van der Waals surface area contributed by atoms with Crippen LogP contribution in [0.5, 0.6) is 0 Å². The van der Waals surface area contributed by atoms with Crippen molar-refractivity contribution in [1.29, 1.82) is 0 Å². The number of hydrogen-bond donors (Lipinski definition) is 0. The minimum absolute atomic E-state index is 0.662. The lowest BCUT2D eigenvalue weighted by molar-refractivity contribution is 0.604. The van der Waals surface area contributed by atoms with E-state index in [4.69, 9.17) is 0 Å². The zero-order valence-corrected chi connectivity index (χ0v) is 12.0. The first-order valence-electron chi connectivity index (χ1n) is 6.63. The van der Waals surface area contributed by atoms with E-state index in [1.165, 1.54) is 23.1 Å². The first-order valence-corrected chi connectivity index (χ1v) is 7.44. The van der Waals surface area contributed by atoms with E-state index in [9.17, 15) is 0 Å². The number of fused-ring (bicyclic) bond motifs is 1. The molecule has 3 nitrogen and oxygen atoms in total. The molecular formula is C14H19N3S. The van der Waals surface area contributed by atoms with Crippen molar-refractivity contribution >= 4 is 27.4 Å². The predicted molar refractivity (Wildman–Crippen MR) is 77.4 cm³/mol. The molecule has 0 aliphatic heterocycles. The number of rotatable bonds is 4. The Bertz CT molecular complexity index is 557. The summed E-state index contributed by atoms with van der Waals surface area (Å²) in [5.41, 5.74) is 0. The van der Waals surface area contributed by atoms with Crippen LogP contribution in [-0.2, 0) is 0 Å². The van der Waals surface area contributed by atoms with Crippen LogP contribution in [0.25, 0.3) is 10.2 Å². The lowest BCUT2D eigenvalue weighted by atomic mass is 10.2. The molecule has 1 fully saturated rings. The van der Waals surface area contributed by atoms with Gasteiger partial charge in [0.25, 0.3) is 0 Å². The summed E-state index contributed by atoms with van der Waals surface area (Å²) in [6.45, 7) is 7.77. The summed E-state index contributed by atoms with van der Waals surface area (Å²) < 4.78 is 0. The van der Waals surface area contributed by atoms with Crippen LogP contribution in [0.3, 0.4) is 0 Å². The second-order valence-electron chi connectivity index (χ2n) is 5.55. The molecule has 2 aromatic rings. The van der Waals surface area contributed by atoms with Gasteiger partial charge in [-0.2, -0.15) is 0 Å². The Hall–Kier alpha value is -1.16. The summed E-state index contributed by atoms with van der Waals surface area (Å²) in [4.78, 5) is 13.9. The average molecular weight is 261 g/mol. The highest BCUT2D eigenvalue weighted by Crippen LogP contribution is 2.36. The number of nitrogens with zero attached hydrogens (tertiary/aromatic N) is 3. The summed E-state index contributed by atoms with van der Waals surface area (Å²) in [5, 5.41) is 1.23. The van der Waals surface area contributed by atoms with Crippen molar-refractivity contribution in [3.8, 4) is 0 Å². The maximum absolute atomic E-state index is 4.56. The van der Waals surface area contributed by atoms with E-state index in [2.05, 4.69) is 41.7 Å². The standard InChI is InChI=1S/C14H19N3S/c1-9(2)7-17(11-4-5-11)13-12-6-10(3)18-14(12)16-8-15-13/h6,8-9,11H,4-5,7H2,1-3H3. The van der Waals surface area contributed by atoms with Gasteiger partial charge in [-0.1, -0.05) is 13.8 Å². The molecule has 0 unspecified atom stereocenters. The molecule has 3 rings (SSSR count). The number of hydrogen-bond acceptors (Lipinski definition) is 4. The van der Waals surface area contributed by atoms with Crippen molar-refractivity contribution in [2.24, 2.45) is 5.92 Å². The summed E-state index contributed by atoms with van der Waals surface area (Å²) in [6.07, 6.45) is 4.33. The minimum atomic E-state index is 0.662. The highest BCUT2D eigenvalue weighted by Gasteiger charge is 2.31. The Kier molecular flexibility index (Phi) is 2.98. The SMILES string of the molecule is Cc1cc2c(N(CC(C)C)C3CC3)ncnc2s1. The third kappa shape index (κ3) is 2.21. The van der Waals surface area contributed by atoms with Crippen molar-refractivity contribution in [2.45, 2.75) is 39.7 Å². The monoisotopic (exact) mass is 261 g/mol. The molecule has 0 atom stereocenters. The van der Waals surface area contributed by atoms with Gasteiger partial charge in [0.2, 0.25) is 0 Å². The van der Waals surface area contributed by atoms with Gasteiger partial charge in [0.15, 0.2) is 0 Å². The molecule has 0 amide bonds. The van der Waals surface area contributed by atoms with Crippen molar-refractivity contribution in [1.82, 2.24) is 9.97 Å². The molecule has 4 heteroatoms. The van der Waals surface area contributed by atoms with Crippen LogP contribution in [0.1, 0.15) is 31.6 Å². The molecule has 2 heterocycles. The fourth-order valence-corrected chi connectivity index (χ4v) is 3.22. The Morgan fingerprint density at radius 2 is 2.17 bits per heavy atom. The van der Waals surface area contributed by atoms with E-state index in [0.29, 0.717) is 12.0 Å². The van der Waals surface area contributed by atoms with Crippen LogP contribution in [-0.4, -0.2) is 22.6 Å². The van der Waals surface area contributed by atoms with Crippen LogP contribution in [0.15, 0.2) is 12.4 Å². The van der Waals surface area contributed by atoms with Crippen molar-refractivity contribution in [2.75, 3.05) is 11.4 Å². The third-order valence-corrected chi connectivity index (χ3v) is 4.21. The topological polar surface area (TPSA) is 29.0 Å². The van der Waals surface area contributed by atoms with E-state index in [-0.39, 0.29) is 0 Å². The summed E-state index contributed by atoms with van der Waals surface area (Å²) in [7, 11) is 0. The normalized spacial score (nSPS) is 15.6. The molecule has 1 aliphatic carbocycles. The molecule has 96 valence electrons. The van der Waals surface area contributed by atoms with Crippen molar-refractivity contribution in [3.63, 3.8) is 0 Å². The summed E-state index contributed by atoms with van der Waals surface area (Å²) >= 11 is 1.76. The maximum Gasteiger partial charge on any atom is 0.141 e. The number of aryl methyl sites for hydroxylation is 1. The van der Waals surface area contributed by atoms with Gasteiger partial charge in [0.1, 0.15) is 17.0 Å². The van der Waals surface area contributed by atoms with E-state index < -0.39 is 0 Å². The second kappa shape index (κ2) is 4.50. The van der Waals surface area contributed by atoms with Gasteiger partial charge in [-0.05, 0) is 31.7 Å². The fraction of sp³-hybridized carbons (Fsp3) is 0.571. The number of aromatic nitrogens is 2. The van der Waals surface area contributed by atoms with Gasteiger partial charge in [0.05, 0.1) is 5.39 Å². The minimum Gasteiger partial charge on any atom is -0.353 e. The van der Waals surface area contributed by atoms with Gasteiger partial charge in [-0.25, -0.2) is 9.97 Å². The van der Waals surface area contributed by atoms with Crippen LogP contribution in [0.2, 0.25) is 0 Å². The van der Waals surface area contributed by atoms with Gasteiger partial charge < -0.3 is 4.90 Å². The van der Waals surface area contributed by atoms with E-state index in [1.807, 2.05) is 0 Å². The Morgan fingerprint density at radius 3 is 2.83 bits per heavy atom. The molecule has 0 spiro atoms. The van der Waals surface area contributed by atoms with Crippen LogP contribution < -0.4 is 4.90 Å². The summed E-state index contributed by atoms with van der Waals surface area (Å²) in [5.74, 6) is 1.80. The Labute approximate surface area is 112 Å². The van der Waals surface area contributed by atoms with Crippen molar-refractivity contribution < 1.29 is 0 Å². The Balaban J connectivity index is 2.04. The van der Waals surface area contributed by atoms with E-state index >= 15 is 0 Å². The molecule has 0 bridgehead atoms. The number of anilines is 1. The van der Waals surface area contributed by atoms with Gasteiger partial charge in [-0.3, -0.25) is 0 Å². The first kappa shape index (κ1) is 11.9.